The maximum absolute atomic E-state index is 10.6. The first-order chi connectivity index (χ1) is 7.96. The molecule has 0 unspecified atom stereocenters. The second-order valence-corrected chi connectivity index (χ2v) is 5.07. The molecule has 0 radical (unpaired) electrons. The number of nitrogens with zero attached hydrogens (tertiary/aromatic N) is 1. The molecule has 0 aliphatic carbocycles. The predicted molar refractivity (Wildman–Crippen MR) is 70.0 cm³/mol. The van der Waals surface area contributed by atoms with Crippen molar-refractivity contribution in [3.8, 4) is 0 Å². The topological polar surface area (TPSA) is 69.6 Å². The van der Waals surface area contributed by atoms with Gasteiger partial charge in [-0.2, -0.15) is 8.42 Å². The van der Waals surface area contributed by atoms with Gasteiger partial charge < -0.3 is 10.2 Å². The van der Waals surface area contributed by atoms with Crippen molar-refractivity contribution < 1.29 is 42.5 Å². The van der Waals surface area contributed by atoms with Crippen molar-refractivity contribution in [3.63, 3.8) is 0 Å². The number of hydrogen-bond donors (Lipinski definition) is 2. The third-order valence-corrected chi connectivity index (χ3v) is 2.96. The summed E-state index contributed by atoms with van der Waals surface area (Å²) in [7, 11) is -3.98. The standard InChI is InChI=1S/C11H18N2O3S.Na/c1-3-13(4-2)11-7-5-10(6-8-11)12-9-17(14,15)16;/h5-8,12H,3-4,9H2,1-2H3,(H,14,15,16);/q;+1. The first kappa shape index (κ1) is 17.7. The fourth-order valence-corrected chi connectivity index (χ4v) is 1.90. The van der Waals surface area contributed by atoms with E-state index in [9.17, 15) is 8.42 Å². The van der Waals surface area contributed by atoms with E-state index in [-0.39, 0.29) is 29.6 Å². The van der Waals surface area contributed by atoms with Crippen molar-refractivity contribution >= 4 is 21.5 Å². The van der Waals surface area contributed by atoms with Gasteiger partial charge in [0.25, 0.3) is 10.1 Å². The molecule has 1 aromatic carbocycles. The van der Waals surface area contributed by atoms with Crippen molar-refractivity contribution in [1.82, 2.24) is 0 Å². The minimum atomic E-state index is -3.98. The summed E-state index contributed by atoms with van der Waals surface area (Å²) in [5, 5.41) is 2.63. The molecule has 0 fully saturated rings. The summed E-state index contributed by atoms with van der Waals surface area (Å²) >= 11 is 0. The minimum absolute atomic E-state index is 0. The number of benzene rings is 1. The number of rotatable bonds is 6. The maximum Gasteiger partial charge on any atom is 1.00 e. The van der Waals surface area contributed by atoms with Crippen molar-refractivity contribution in [2.24, 2.45) is 0 Å². The van der Waals surface area contributed by atoms with Crippen molar-refractivity contribution in [2.75, 3.05) is 29.2 Å². The maximum atomic E-state index is 10.6. The molecule has 0 spiro atoms. The molecule has 0 saturated carbocycles. The second-order valence-electron chi connectivity index (χ2n) is 3.62. The number of nitrogens with one attached hydrogen (secondary N) is 1. The van der Waals surface area contributed by atoms with Crippen LogP contribution in [0.4, 0.5) is 11.4 Å². The van der Waals surface area contributed by atoms with Gasteiger partial charge in [0.15, 0.2) is 0 Å². The van der Waals surface area contributed by atoms with E-state index in [2.05, 4.69) is 24.1 Å². The fraction of sp³-hybridized carbons (Fsp3) is 0.455. The monoisotopic (exact) mass is 281 g/mol. The molecule has 0 saturated heterocycles. The third kappa shape index (κ3) is 6.06. The zero-order valence-electron chi connectivity index (χ0n) is 11.0. The number of anilines is 2. The summed E-state index contributed by atoms with van der Waals surface area (Å²) in [5.41, 5.74) is 1.76. The van der Waals surface area contributed by atoms with E-state index in [1.807, 2.05) is 12.1 Å². The van der Waals surface area contributed by atoms with Crippen LogP contribution in [0.1, 0.15) is 13.8 Å². The summed E-state index contributed by atoms with van der Waals surface area (Å²) in [4.78, 5) is 2.19. The number of hydrogen-bond acceptors (Lipinski definition) is 4. The van der Waals surface area contributed by atoms with E-state index < -0.39 is 16.0 Å². The van der Waals surface area contributed by atoms with Crippen LogP contribution in [-0.4, -0.2) is 31.9 Å². The molecule has 2 N–H and O–H groups in total. The average Bonchev–Trinajstić information content (AvgIpc) is 2.29. The summed E-state index contributed by atoms with van der Waals surface area (Å²) in [6.45, 7) is 6.00. The molecule has 0 bridgehead atoms. The van der Waals surface area contributed by atoms with Crippen LogP contribution in [0.5, 0.6) is 0 Å². The molecule has 5 nitrogen and oxygen atoms in total. The van der Waals surface area contributed by atoms with Gasteiger partial charge in [0.2, 0.25) is 0 Å². The Bertz CT molecular complexity index is 444. The van der Waals surface area contributed by atoms with Gasteiger partial charge in [0.1, 0.15) is 5.88 Å². The van der Waals surface area contributed by atoms with Crippen LogP contribution >= 0.6 is 0 Å². The van der Waals surface area contributed by atoms with Gasteiger partial charge in [-0.3, -0.25) is 4.55 Å². The zero-order valence-corrected chi connectivity index (χ0v) is 13.9. The van der Waals surface area contributed by atoms with Crippen molar-refractivity contribution in [1.29, 1.82) is 0 Å². The second kappa shape index (κ2) is 8.01. The van der Waals surface area contributed by atoms with Gasteiger partial charge in [-0.05, 0) is 38.1 Å². The van der Waals surface area contributed by atoms with Crippen LogP contribution in [0.2, 0.25) is 0 Å². The fourth-order valence-electron chi connectivity index (χ4n) is 1.55. The molecule has 0 aliphatic rings. The first-order valence-electron chi connectivity index (χ1n) is 5.50. The molecule has 0 atom stereocenters. The van der Waals surface area contributed by atoms with Crippen LogP contribution in [0.15, 0.2) is 24.3 Å². The molecular formula is C11H18N2NaO3S+. The Balaban J connectivity index is 0.00000289. The molecule has 0 heterocycles. The average molecular weight is 281 g/mol. The van der Waals surface area contributed by atoms with Crippen molar-refractivity contribution in [2.45, 2.75) is 13.8 Å². The normalized spacial score (nSPS) is 10.6. The Morgan fingerprint density at radius 2 is 1.67 bits per heavy atom. The van der Waals surface area contributed by atoms with E-state index in [1.165, 1.54) is 0 Å². The summed E-state index contributed by atoms with van der Waals surface area (Å²) in [5.74, 6) is -0.475. The van der Waals surface area contributed by atoms with Crippen LogP contribution in [0.3, 0.4) is 0 Å². The first-order valence-corrected chi connectivity index (χ1v) is 7.11. The zero-order chi connectivity index (χ0) is 12.9. The summed E-state index contributed by atoms with van der Waals surface area (Å²) in [6, 6.07) is 7.41. The summed E-state index contributed by atoms with van der Waals surface area (Å²) < 4.78 is 29.7. The molecule has 96 valence electrons. The molecule has 0 aromatic heterocycles. The van der Waals surface area contributed by atoms with E-state index in [0.717, 1.165) is 18.8 Å². The molecule has 0 aliphatic heterocycles. The van der Waals surface area contributed by atoms with E-state index in [1.54, 1.807) is 12.1 Å². The predicted octanol–water partition coefficient (Wildman–Crippen LogP) is -1.21. The summed E-state index contributed by atoms with van der Waals surface area (Å²) in [6.07, 6.45) is 0. The Kier molecular flexibility index (Phi) is 7.89. The van der Waals surface area contributed by atoms with Gasteiger partial charge >= 0.3 is 29.6 Å². The van der Waals surface area contributed by atoms with E-state index in [0.29, 0.717) is 5.69 Å². The van der Waals surface area contributed by atoms with Gasteiger partial charge in [-0.1, -0.05) is 0 Å². The minimum Gasteiger partial charge on any atom is -0.372 e. The Hall–Kier alpha value is -0.270. The van der Waals surface area contributed by atoms with Crippen LogP contribution in [0, 0.1) is 0 Å². The molecule has 0 amide bonds. The quantitative estimate of drug-likeness (QED) is 0.506. The van der Waals surface area contributed by atoms with Crippen LogP contribution in [0.25, 0.3) is 0 Å². The van der Waals surface area contributed by atoms with E-state index >= 15 is 0 Å². The van der Waals surface area contributed by atoms with Gasteiger partial charge in [0.05, 0.1) is 0 Å². The van der Waals surface area contributed by atoms with Crippen LogP contribution in [-0.2, 0) is 10.1 Å². The van der Waals surface area contributed by atoms with Crippen LogP contribution < -0.4 is 39.8 Å². The van der Waals surface area contributed by atoms with Gasteiger partial charge in [-0.15, -0.1) is 0 Å². The van der Waals surface area contributed by atoms with E-state index in [4.69, 9.17) is 4.55 Å². The Labute approximate surface area is 131 Å². The van der Waals surface area contributed by atoms with Gasteiger partial charge in [-0.25, -0.2) is 0 Å². The molecule has 18 heavy (non-hydrogen) atoms. The largest absolute Gasteiger partial charge is 1.00 e. The third-order valence-electron chi connectivity index (χ3n) is 2.45. The Morgan fingerprint density at radius 1 is 1.17 bits per heavy atom. The SMILES string of the molecule is CCN(CC)c1ccc(NCS(=O)(=O)O)cc1.[Na+]. The molecule has 1 aromatic rings. The molecular weight excluding hydrogens is 263 g/mol. The molecule has 7 heteroatoms. The Morgan fingerprint density at radius 3 is 2.06 bits per heavy atom. The smallest absolute Gasteiger partial charge is 0.372 e. The van der Waals surface area contributed by atoms with Crippen molar-refractivity contribution in [3.05, 3.63) is 24.3 Å². The molecule has 1 rings (SSSR count). The van der Waals surface area contributed by atoms with Gasteiger partial charge in [0, 0.05) is 24.5 Å².